The number of halogens is 6. The molecule has 2 aromatic rings. The van der Waals surface area contributed by atoms with Crippen LogP contribution in [0.3, 0.4) is 0 Å². The van der Waals surface area contributed by atoms with E-state index in [0.29, 0.717) is 44.8 Å². The molecule has 0 unspecified atom stereocenters. The lowest BCUT2D eigenvalue weighted by atomic mass is 10.1. The predicted octanol–water partition coefficient (Wildman–Crippen LogP) is 5.64. The fraction of sp³-hybridized carbons (Fsp3) is 0.500. The highest BCUT2D eigenvalue weighted by Gasteiger charge is 2.36. The summed E-state index contributed by atoms with van der Waals surface area (Å²) < 4.78 is 92.2. The topological polar surface area (TPSA) is 51.2 Å². The molecule has 1 heterocycles. The van der Waals surface area contributed by atoms with E-state index in [2.05, 4.69) is 14.5 Å². The predicted molar refractivity (Wildman–Crippen MR) is 126 cm³/mol. The third-order valence-electron chi connectivity index (χ3n) is 5.92. The Kier molecular flexibility index (Phi) is 9.19. The number of hydrogen-bond donors (Lipinski definition) is 0. The molecule has 0 aliphatic carbocycles. The van der Waals surface area contributed by atoms with Crippen molar-refractivity contribution >= 4 is 5.97 Å². The summed E-state index contributed by atoms with van der Waals surface area (Å²) in [5.74, 6) is -1.53. The van der Waals surface area contributed by atoms with Gasteiger partial charge in [-0.15, -0.1) is 13.2 Å². The van der Waals surface area contributed by atoms with Crippen LogP contribution in [0.1, 0.15) is 37.5 Å². The summed E-state index contributed by atoms with van der Waals surface area (Å²) in [7, 11) is 0. The lowest BCUT2D eigenvalue weighted by Gasteiger charge is -2.35. The van der Waals surface area contributed by atoms with Crippen molar-refractivity contribution in [2.75, 3.05) is 32.8 Å². The van der Waals surface area contributed by atoms with E-state index < -0.39 is 35.4 Å². The second-order valence-corrected chi connectivity index (χ2v) is 9.41. The molecular formula is C26H30F6N2O4. The number of carbonyl (C=O) groups excluding carboxylic acids is 1. The van der Waals surface area contributed by atoms with E-state index in [4.69, 9.17) is 9.47 Å². The molecular weight excluding hydrogens is 518 g/mol. The molecule has 6 nitrogen and oxygen atoms in total. The molecule has 12 heteroatoms. The minimum absolute atomic E-state index is 0.0913. The molecule has 3 rings (SSSR count). The van der Waals surface area contributed by atoms with Gasteiger partial charge < -0.3 is 14.2 Å². The van der Waals surface area contributed by atoms with E-state index in [1.165, 1.54) is 38.1 Å². The van der Waals surface area contributed by atoms with Crippen molar-refractivity contribution in [1.29, 1.82) is 0 Å². The standard InChI is InChI=1S/C26H30F6N2O4/c1-4-36-23(35)24(2,3)37-21-10-7-19(15-22(21)38-26(30,31)32)17-34-13-11-33(12-14-34)16-18-5-8-20(9-6-18)25(27,28)29/h5-10,15H,4,11-14,16-17H2,1-3H3. The second-order valence-electron chi connectivity index (χ2n) is 9.41. The van der Waals surface area contributed by atoms with Gasteiger partial charge in [-0.3, -0.25) is 9.80 Å². The van der Waals surface area contributed by atoms with Crippen molar-refractivity contribution in [3.63, 3.8) is 0 Å². The fourth-order valence-electron chi connectivity index (χ4n) is 3.98. The Balaban J connectivity index is 1.62. The van der Waals surface area contributed by atoms with Gasteiger partial charge in [0.25, 0.3) is 0 Å². The zero-order valence-electron chi connectivity index (χ0n) is 21.3. The number of nitrogens with zero attached hydrogens (tertiary/aromatic N) is 2. The minimum Gasteiger partial charge on any atom is -0.472 e. The van der Waals surface area contributed by atoms with Crippen molar-refractivity contribution in [2.45, 2.75) is 52.0 Å². The van der Waals surface area contributed by atoms with Gasteiger partial charge in [0.05, 0.1) is 12.2 Å². The molecule has 0 amide bonds. The van der Waals surface area contributed by atoms with Crippen molar-refractivity contribution in [3.05, 3.63) is 59.2 Å². The number of esters is 1. The van der Waals surface area contributed by atoms with Gasteiger partial charge in [0.15, 0.2) is 17.1 Å². The smallest absolute Gasteiger partial charge is 0.472 e. The Bertz CT molecular complexity index is 1080. The molecule has 38 heavy (non-hydrogen) atoms. The first-order valence-electron chi connectivity index (χ1n) is 12.0. The average molecular weight is 549 g/mol. The molecule has 1 fully saturated rings. The lowest BCUT2D eigenvalue weighted by Crippen LogP contribution is -2.45. The number of hydrogen-bond acceptors (Lipinski definition) is 6. The number of piperazine rings is 1. The Morgan fingerprint density at radius 3 is 1.82 bits per heavy atom. The Morgan fingerprint density at radius 1 is 0.789 bits per heavy atom. The van der Waals surface area contributed by atoms with E-state index in [1.54, 1.807) is 13.0 Å². The van der Waals surface area contributed by atoms with Crippen LogP contribution in [0.4, 0.5) is 26.3 Å². The lowest BCUT2D eigenvalue weighted by molar-refractivity contribution is -0.275. The van der Waals surface area contributed by atoms with Crippen LogP contribution >= 0.6 is 0 Å². The highest BCUT2D eigenvalue weighted by Crippen LogP contribution is 2.36. The van der Waals surface area contributed by atoms with Gasteiger partial charge >= 0.3 is 18.5 Å². The summed E-state index contributed by atoms with van der Waals surface area (Å²) >= 11 is 0. The van der Waals surface area contributed by atoms with Crippen molar-refractivity contribution in [3.8, 4) is 11.5 Å². The van der Waals surface area contributed by atoms with Gasteiger partial charge in [-0.25, -0.2) is 4.79 Å². The number of alkyl halides is 6. The number of benzene rings is 2. The molecule has 0 saturated carbocycles. The number of carbonyl (C=O) groups is 1. The van der Waals surface area contributed by atoms with E-state index in [1.807, 2.05) is 0 Å². The highest BCUT2D eigenvalue weighted by molar-refractivity contribution is 5.79. The van der Waals surface area contributed by atoms with Crippen molar-refractivity contribution in [2.24, 2.45) is 0 Å². The molecule has 0 bridgehead atoms. The Labute approximate surface area is 217 Å². The zero-order chi connectivity index (χ0) is 28.1. The molecule has 1 saturated heterocycles. The maximum Gasteiger partial charge on any atom is 0.573 e. The van der Waals surface area contributed by atoms with Crippen LogP contribution in [0.25, 0.3) is 0 Å². The number of ether oxygens (including phenoxy) is 3. The van der Waals surface area contributed by atoms with Crippen LogP contribution in [0.2, 0.25) is 0 Å². The van der Waals surface area contributed by atoms with Crippen LogP contribution in [0.5, 0.6) is 11.5 Å². The summed E-state index contributed by atoms with van der Waals surface area (Å²) in [6.45, 7) is 7.84. The van der Waals surface area contributed by atoms with Crippen LogP contribution in [0, 0.1) is 0 Å². The first-order valence-corrected chi connectivity index (χ1v) is 12.0. The van der Waals surface area contributed by atoms with Gasteiger partial charge in [-0.1, -0.05) is 18.2 Å². The largest absolute Gasteiger partial charge is 0.573 e. The molecule has 0 N–H and O–H groups in total. The minimum atomic E-state index is -4.96. The summed E-state index contributed by atoms with van der Waals surface area (Å²) in [5, 5.41) is 0. The Hall–Kier alpha value is -2.99. The first kappa shape index (κ1) is 29.6. The summed E-state index contributed by atoms with van der Waals surface area (Å²) in [6, 6.07) is 9.22. The second kappa shape index (κ2) is 11.8. The van der Waals surface area contributed by atoms with Crippen LogP contribution in [-0.4, -0.2) is 60.5 Å². The molecule has 1 aliphatic rings. The summed E-state index contributed by atoms with van der Waals surface area (Å²) in [6.07, 6.45) is -9.34. The summed E-state index contributed by atoms with van der Waals surface area (Å²) in [5.41, 5.74) is -0.908. The van der Waals surface area contributed by atoms with Crippen LogP contribution < -0.4 is 9.47 Å². The monoisotopic (exact) mass is 548 g/mol. The van der Waals surface area contributed by atoms with Gasteiger partial charge in [-0.2, -0.15) is 13.2 Å². The zero-order valence-corrected chi connectivity index (χ0v) is 21.3. The van der Waals surface area contributed by atoms with Gasteiger partial charge in [0, 0.05) is 39.3 Å². The van der Waals surface area contributed by atoms with Gasteiger partial charge in [0.1, 0.15) is 0 Å². The molecule has 0 spiro atoms. The van der Waals surface area contributed by atoms with Crippen LogP contribution in [0.15, 0.2) is 42.5 Å². The molecule has 1 aliphatic heterocycles. The van der Waals surface area contributed by atoms with E-state index in [9.17, 15) is 31.1 Å². The van der Waals surface area contributed by atoms with E-state index in [-0.39, 0.29) is 12.4 Å². The van der Waals surface area contributed by atoms with Crippen molar-refractivity contribution < 1.29 is 45.3 Å². The fourth-order valence-corrected chi connectivity index (χ4v) is 3.98. The Morgan fingerprint density at radius 2 is 1.32 bits per heavy atom. The maximum absolute atomic E-state index is 13.1. The third-order valence-corrected chi connectivity index (χ3v) is 5.92. The van der Waals surface area contributed by atoms with E-state index >= 15 is 0 Å². The SMILES string of the molecule is CCOC(=O)C(C)(C)Oc1ccc(CN2CCN(Cc3ccc(C(F)(F)F)cc3)CC2)cc1OC(F)(F)F. The third kappa shape index (κ3) is 8.52. The average Bonchev–Trinajstić information content (AvgIpc) is 2.81. The quantitative estimate of drug-likeness (QED) is 0.299. The summed E-state index contributed by atoms with van der Waals surface area (Å²) in [4.78, 5) is 16.3. The molecule has 210 valence electrons. The molecule has 0 radical (unpaired) electrons. The maximum atomic E-state index is 13.1. The molecule has 2 aromatic carbocycles. The highest BCUT2D eigenvalue weighted by atomic mass is 19.4. The first-order chi connectivity index (χ1) is 17.7. The van der Waals surface area contributed by atoms with E-state index in [0.717, 1.165) is 17.7 Å². The molecule has 0 atom stereocenters. The molecule has 0 aromatic heterocycles. The van der Waals surface area contributed by atoms with Gasteiger partial charge in [-0.05, 0) is 56.2 Å². The van der Waals surface area contributed by atoms with Gasteiger partial charge in [0.2, 0.25) is 0 Å². The van der Waals surface area contributed by atoms with Crippen LogP contribution in [-0.2, 0) is 28.8 Å². The van der Waals surface area contributed by atoms with Crippen molar-refractivity contribution in [1.82, 2.24) is 9.80 Å². The normalized spacial score (nSPS) is 15.8. The number of rotatable bonds is 9.